The molecule has 0 amide bonds. The molecule has 0 bridgehead atoms. The van der Waals surface area contributed by atoms with Gasteiger partial charge in [0.25, 0.3) is 6.17 Å². The number of halogens is 6. The fourth-order valence-electron chi connectivity index (χ4n) is 1.69. The molecule has 94 valence electrons. The Balaban J connectivity index is 2.86. The summed E-state index contributed by atoms with van der Waals surface area (Å²) in [4.78, 5) is 0. The van der Waals surface area contributed by atoms with Crippen molar-refractivity contribution in [3.63, 3.8) is 0 Å². The summed E-state index contributed by atoms with van der Waals surface area (Å²) < 4.78 is 74.9. The van der Waals surface area contributed by atoms with Crippen LogP contribution in [0.5, 0.6) is 0 Å². The Morgan fingerprint density at radius 1 is 1.00 bits per heavy atom. The Kier molecular flexibility index (Phi) is 3.91. The molecule has 0 radical (unpaired) electrons. The van der Waals surface area contributed by atoms with Crippen LogP contribution in [0.3, 0.4) is 0 Å². The Hall–Kier alpha value is -0.680. The lowest BCUT2D eigenvalue weighted by Crippen LogP contribution is -2.42. The summed E-state index contributed by atoms with van der Waals surface area (Å²) in [5.74, 6) is -4.43. The van der Waals surface area contributed by atoms with E-state index in [4.69, 9.17) is 0 Å². The van der Waals surface area contributed by atoms with E-state index in [0.717, 1.165) is 6.08 Å². The SMILES string of the molecule is FC(C(F)(F)F)C(F)(F)C1=CCCCCC1. The van der Waals surface area contributed by atoms with Crippen LogP contribution in [0.4, 0.5) is 26.3 Å². The molecule has 0 heterocycles. The zero-order valence-corrected chi connectivity index (χ0v) is 8.46. The number of allylic oxidation sites excluding steroid dienone is 2. The predicted octanol–water partition coefficient (Wildman–Crippen LogP) is 4.41. The van der Waals surface area contributed by atoms with Crippen LogP contribution in [0.25, 0.3) is 0 Å². The second-order valence-electron chi connectivity index (χ2n) is 3.86. The van der Waals surface area contributed by atoms with Crippen molar-refractivity contribution in [3.05, 3.63) is 11.6 Å². The third-order valence-electron chi connectivity index (χ3n) is 2.57. The molecule has 1 rings (SSSR count). The first kappa shape index (κ1) is 13.4. The minimum atomic E-state index is -5.52. The van der Waals surface area contributed by atoms with Gasteiger partial charge >= 0.3 is 12.1 Å². The lowest BCUT2D eigenvalue weighted by Gasteiger charge is -2.24. The van der Waals surface area contributed by atoms with E-state index in [1.165, 1.54) is 0 Å². The van der Waals surface area contributed by atoms with E-state index in [9.17, 15) is 26.3 Å². The van der Waals surface area contributed by atoms with Gasteiger partial charge in [-0.1, -0.05) is 12.5 Å². The fourth-order valence-corrected chi connectivity index (χ4v) is 1.69. The standard InChI is InChI=1S/C10H12F6/c11-8(10(14,15)16)9(12,13)7-5-3-1-2-4-6-7/h5,8H,1-4,6H2. The van der Waals surface area contributed by atoms with Crippen LogP contribution in [0.1, 0.15) is 32.1 Å². The molecule has 0 aliphatic heterocycles. The van der Waals surface area contributed by atoms with Gasteiger partial charge in [-0.05, 0) is 31.3 Å². The van der Waals surface area contributed by atoms with Crippen LogP contribution in [0.2, 0.25) is 0 Å². The van der Waals surface area contributed by atoms with E-state index in [1.54, 1.807) is 0 Å². The molecule has 1 atom stereocenters. The molecule has 0 N–H and O–H groups in total. The molecule has 1 unspecified atom stereocenters. The molecule has 1 aliphatic carbocycles. The summed E-state index contributed by atoms with van der Waals surface area (Å²) in [6.45, 7) is 0. The molecule has 0 spiro atoms. The zero-order chi connectivity index (χ0) is 12.4. The number of alkyl halides is 6. The molecular formula is C10H12F6. The molecule has 16 heavy (non-hydrogen) atoms. The van der Waals surface area contributed by atoms with Gasteiger partial charge in [-0.3, -0.25) is 0 Å². The van der Waals surface area contributed by atoms with Gasteiger partial charge in [-0.15, -0.1) is 0 Å². The van der Waals surface area contributed by atoms with Gasteiger partial charge in [-0.2, -0.15) is 22.0 Å². The lowest BCUT2D eigenvalue weighted by atomic mass is 9.99. The molecule has 1 aliphatic rings. The highest BCUT2D eigenvalue weighted by Gasteiger charge is 2.58. The predicted molar refractivity (Wildman–Crippen MR) is 47.1 cm³/mol. The summed E-state index contributed by atoms with van der Waals surface area (Å²) in [5.41, 5.74) is -0.713. The minimum Gasteiger partial charge on any atom is -0.230 e. The number of hydrogen-bond acceptors (Lipinski definition) is 0. The van der Waals surface area contributed by atoms with Crippen molar-refractivity contribution < 1.29 is 26.3 Å². The van der Waals surface area contributed by atoms with E-state index >= 15 is 0 Å². The molecule has 0 fully saturated rings. The van der Waals surface area contributed by atoms with E-state index < -0.39 is 23.8 Å². The van der Waals surface area contributed by atoms with Gasteiger partial charge in [0.1, 0.15) is 0 Å². The lowest BCUT2D eigenvalue weighted by molar-refractivity contribution is -0.234. The first-order valence-corrected chi connectivity index (χ1v) is 5.04. The van der Waals surface area contributed by atoms with Gasteiger partial charge in [0.05, 0.1) is 0 Å². The largest absolute Gasteiger partial charge is 0.426 e. The molecule has 0 aromatic carbocycles. The van der Waals surface area contributed by atoms with Gasteiger partial charge in [-0.25, -0.2) is 4.39 Å². The van der Waals surface area contributed by atoms with Crippen molar-refractivity contribution in [1.82, 2.24) is 0 Å². The monoisotopic (exact) mass is 246 g/mol. The maximum Gasteiger partial charge on any atom is 0.426 e. The fraction of sp³-hybridized carbons (Fsp3) is 0.800. The molecule has 6 heteroatoms. The Labute approximate surface area is 89.3 Å². The highest BCUT2D eigenvalue weighted by atomic mass is 19.4. The van der Waals surface area contributed by atoms with Crippen LogP contribution in [-0.2, 0) is 0 Å². The van der Waals surface area contributed by atoms with Gasteiger partial charge < -0.3 is 0 Å². The first-order chi connectivity index (χ1) is 7.26. The molecule has 0 aromatic heterocycles. The Morgan fingerprint density at radius 3 is 2.19 bits per heavy atom. The van der Waals surface area contributed by atoms with Gasteiger partial charge in [0, 0.05) is 0 Å². The van der Waals surface area contributed by atoms with Crippen LogP contribution < -0.4 is 0 Å². The van der Waals surface area contributed by atoms with E-state index in [0.29, 0.717) is 19.3 Å². The average molecular weight is 246 g/mol. The third-order valence-corrected chi connectivity index (χ3v) is 2.57. The second-order valence-corrected chi connectivity index (χ2v) is 3.86. The first-order valence-electron chi connectivity index (χ1n) is 5.04. The van der Waals surface area contributed by atoms with Gasteiger partial charge in [0.15, 0.2) is 0 Å². The van der Waals surface area contributed by atoms with Crippen molar-refractivity contribution >= 4 is 0 Å². The topological polar surface area (TPSA) is 0 Å². The summed E-state index contributed by atoms with van der Waals surface area (Å²) in [6.07, 6.45) is -6.74. The van der Waals surface area contributed by atoms with Crippen LogP contribution in [0.15, 0.2) is 11.6 Å². The Morgan fingerprint density at radius 2 is 1.62 bits per heavy atom. The quantitative estimate of drug-likeness (QED) is 0.500. The van der Waals surface area contributed by atoms with Gasteiger partial charge in [0.2, 0.25) is 0 Å². The molecule has 0 aromatic rings. The van der Waals surface area contributed by atoms with Crippen molar-refractivity contribution in [2.75, 3.05) is 0 Å². The van der Waals surface area contributed by atoms with Crippen molar-refractivity contribution in [2.45, 2.75) is 50.4 Å². The van der Waals surface area contributed by atoms with E-state index in [-0.39, 0.29) is 12.8 Å². The maximum atomic E-state index is 13.2. The average Bonchev–Trinajstić information content (AvgIpc) is 2.43. The van der Waals surface area contributed by atoms with Crippen LogP contribution in [-0.4, -0.2) is 18.3 Å². The second kappa shape index (κ2) is 4.67. The number of hydrogen-bond donors (Lipinski definition) is 0. The van der Waals surface area contributed by atoms with Crippen molar-refractivity contribution in [2.24, 2.45) is 0 Å². The highest BCUT2D eigenvalue weighted by molar-refractivity contribution is 5.17. The molecule has 0 saturated heterocycles. The number of rotatable bonds is 2. The van der Waals surface area contributed by atoms with E-state index in [2.05, 4.69) is 0 Å². The summed E-state index contributed by atoms with van der Waals surface area (Å²) in [7, 11) is 0. The third kappa shape index (κ3) is 2.92. The maximum absolute atomic E-state index is 13.2. The minimum absolute atomic E-state index is 0.163. The summed E-state index contributed by atoms with van der Waals surface area (Å²) in [5, 5.41) is 0. The summed E-state index contributed by atoms with van der Waals surface area (Å²) >= 11 is 0. The molecular weight excluding hydrogens is 234 g/mol. The van der Waals surface area contributed by atoms with E-state index in [1.807, 2.05) is 0 Å². The normalized spacial score (nSPS) is 21.2. The summed E-state index contributed by atoms with van der Waals surface area (Å²) in [6, 6.07) is 0. The van der Waals surface area contributed by atoms with Crippen molar-refractivity contribution in [1.29, 1.82) is 0 Å². The smallest absolute Gasteiger partial charge is 0.230 e. The van der Waals surface area contributed by atoms with Crippen molar-refractivity contribution in [3.8, 4) is 0 Å². The Bertz CT molecular complexity index is 265. The van der Waals surface area contributed by atoms with Crippen LogP contribution in [0, 0.1) is 0 Å². The highest BCUT2D eigenvalue weighted by Crippen LogP contribution is 2.42. The van der Waals surface area contributed by atoms with Crippen LogP contribution >= 0.6 is 0 Å². The zero-order valence-electron chi connectivity index (χ0n) is 8.46. The molecule has 0 nitrogen and oxygen atoms in total. The molecule has 0 saturated carbocycles.